The van der Waals surface area contributed by atoms with E-state index in [-0.39, 0.29) is 144 Å². The van der Waals surface area contributed by atoms with Crippen LogP contribution in [0.2, 0.25) is 0 Å². The maximum absolute atomic E-state index is 12.1. The minimum Gasteiger partial charge on any atom is -0.462 e. The van der Waals surface area contributed by atoms with Crippen molar-refractivity contribution in [1.29, 1.82) is 0 Å². The molecule has 39 atom stereocenters. The Labute approximate surface area is 755 Å². The summed E-state index contributed by atoms with van der Waals surface area (Å²) in [6, 6.07) is -1.33. The number of aliphatic hydroxyl groups is 12. The molecule has 0 aliphatic carbocycles. The Morgan fingerprint density at radius 2 is 0.770 bits per heavy atom. The van der Waals surface area contributed by atoms with Crippen molar-refractivity contribution in [2.75, 3.05) is 0 Å². The maximum Gasteiger partial charge on any atom is 0.404 e. The monoisotopic (exact) mass is 1780 g/mol. The van der Waals surface area contributed by atoms with Gasteiger partial charge < -0.3 is 108 Å². The Morgan fingerprint density at radius 1 is 0.437 bits per heavy atom. The third-order valence-electron chi connectivity index (χ3n) is 26.7. The van der Waals surface area contributed by atoms with Crippen molar-refractivity contribution in [3.8, 4) is 0 Å². The Morgan fingerprint density at radius 3 is 1.12 bits per heavy atom. The lowest BCUT2D eigenvalue weighted by Crippen LogP contribution is -2.56. The summed E-state index contributed by atoms with van der Waals surface area (Å²) in [6.45, 7) is 54.5. The van der Waals surface area contributed by atoms with Crippen molar-refractivity contribution in [1.82, 2.24) is 10.6 Å². The third-order valence-corrected chi connectivity index (χ3v) is 26.7. The standard InChI is InChI=1S/2C33H56N2O7.C33H59NO8/c1-10-11-12-20(4)31(42-33(34)41)24(8)29(38)22(6)16-18(2)15-21(5)28(37)19(3)13-14-26(36)17-27-23(7)30(39)25(9)32(40)35-27;1-10-11-12-19(3)28(35-33(34)41)24(8)30(38)22(6)16-18(2)15-21(5)29(37)20(4)13-14-26(36)17-27-23(7)31(39)25(9)32(40)42-27;1-10-11-12-20(4)31(42-33(34)40)24(8)29(37)22(6)16-18(2)15-21(5)28(36)19(3)13-14-26(35)17-27-23(7)30(38)25(9)32(39)41-27/h10-15,19-31,36-39H,1,16-17H2,2-9H3,(H2,34,41)(H,35,40);10-15,19-31,36-39H,1,16-17H2,2-9H3,(H3,34,35,41);13-15,19-31,35-38H,10-12,16-17H2,1-9H3,(H2,34,40)/b2*12-11-,14-13-,18-15-;14-13-,18-15-/t19-,20-,21-,22-,23-,24-,25+,26+,27-,28-,29+,30-,31-;19-,20-,21-,22-,23-,24+,25+,26+,27-,28-,29-,30+,31-;19-,20-,21-,22-,23-,24-,25+,26+,27-,28-,29+,30-,31-/m000/s1. The molecule has 20 N–H and O–H groups in total. The van der Waals surface area contributed by atoms with Crippen molar-refractivity contribution in [3.63, 3.8) is 0 Å². The van der Waals surface area contributed by atoms with Gasteiger partial charge in [-0.3, -0.25) is 14.4 Å². The zero-order valence-electron chi connectivity index (χ0n) is 80.6. The van der Waals surface area contributed by atoms with E-state index in [0.29, 0.717) is 19.3 Å². The highest BCUT2D eigenvalue weighted by Crippen LogP contribution is 2.37. The number of nitrogens with two attached hydrogens (primary N) is 3. The molecule has 27 heteroatoms. The average molecular weight is 1780 g/mol. The molecule has 0 bridgehead atoms. The molecule has 5 amide bonds. The van der Waals surface area contributed by atoms with E-state index in [1.165, 1.54) is 0 Å². The molecule has 0 unspecified atom stereocenters. The van der Waals surface area contributed by atoms with Crippen LogP contribution in [0.4, 0.5) is 14.4 Å². The average Bonchev–Trinajstić information content (AvgIpc) is 0.824. The van der Waals surface area contributed by atoms with E-state index in [0.717, 1.165) is 36.0 Å². The molecule has 0 spiro atoms. The number of hydrogen-bond donors (Lipinski definition) is 17. The number of esters is 2. The predicted octanol–water partition coefficient (Wildman–Crippen LogP) is 12.5. The molecule has 3 rings (SSSR count). The number of primary amides is 3. The molecular formula is C99H171N5O22. The number of aliphatic hydroxyl groups excluding tert-OH is 12. The quantitative estimate of drug-likeness (QED) is 0.0116. The van der Waals surface area contributed by atoms with Crippen LogP contribution < -0.4 is 27.8 Å². The number of carbonyl (C=O) groups is 6. The smallest absolute Gasteiger partial charge is 0.404 e. The third kappa shape index (κ3) is 39.4. The van der Waals surface area contributed by atoms with Gasteiger partial charge in [0.2, 0.25) is 5.91 Å². The van der Waals surface area contributed by atoms with Crippen LogP contribution in [0.3, 0.4) is 0 Å². The molecule has 3 heterocycles. The molecule has 126 heavy (non-hydrogen) atoms. The van der Waals surface area contributed by atoms with Crippen molar-refractivity contribution < 1.29 is 109 Å². The number of allylic oxidation sites excluding steroid dienone is 7. The molecule has 3 fully saturated rings. The minimum atomic E-state index is -0.889. The van der Waals surface area contributed by atoms with Gasteiger partial charge >= 0.3 is 30.2 Å². The van der Waals surface area contributed by atoms with Crippen LogP contribution in [0.5, 0.6) is 0 Å². The van der Waals surface area contributed by atoms with Gasteiger partial charge in [0, 0.05) is 102 Å². The summed E-state index contributed by atoms with van der Waals surface area (Å²) in [6.07, 6.45) is 18.9. The number of urea groups is 1. The zero-order chi connectivity index (χ0) is 96.9. The van der Waals surface area contributed by atoms with Crippen molar-refractivity contribution in [3.05, 3.63) is 121 Å². The first kappa shape index (κ1) is 117. The van der Waals surface area contributed by atoms with Gasteiger partial charge in [0.15, 0.2) is 0 Å². The Kier molecular flexibility index (Phi) is 54.0. The van der Waals surface area contributed by atoms with Gasteiger partial charge in [-0.25, -0.2) is 14.4 Å². The number of hydrogen-bond acceptors (Lipinski definition) is 22. The molecular weight excluding hydrogens is 1610 g/mol. The van der Waals surface area contributed by atoms with Gasteiger partial charge in [-0.2, -0.15) is 0 Å². The second kappa shape index (κ2) is 58.0. The molecule has 724 valence electrons. The number of carbonyl (C=O) groups excluding carboxylic acids is 6. The number of rotatable bonds is 49. The largest absolute Gasteiger partial charge is 0.462 e. The lowest BCUT2D eigenvalue weighted by molar-refractivity contribution is -0.180. The summed E-state index contributed by atoms with van der Waals surface area (Å²) in [5, 5.41) is 134. The molecule has 3 aliphatic heterocycles. The van der Waals surface area contributed by atoms with Crippen LogP contribution in [0.25, 0.3) is 0 Å². The van der Waals surface area contributed by atoms with Gasteiger partial charge in [0.1, 0.15) is 24.4 Å². The Hall–Kier alpha value is -6.86. The van der Waals surface area contributed by atoms with Gasteiger partial charge in [-0.15, -0.1) is 0 Å². The number of piperidine rings is 1. The highest BCUT2D eigenvalue weighted by Gasteiger charge is 2.44. The van der Waals surface area contributed by atoms with Crippen LogP contribution in [-0.4, -0.2) is 207 Å². The highest BCUT2D eigenvalue weighted by atomic mass is 16.6. The lowest BCUT2D eigenvalue weighted by atomic mass is 9.80. The van der Waals surface area contributed by atoms with Gasteiger partial charge in [0.05, 0.1) is 91.0 Å². The van der Waals surface area contributed by atoms with Gasteiger partial charge in [-0.1, -0.05) is 272 Å². The fourth-order valence-electron chi connectivity index (χ4n) is 18.0. The first-order valence-electron chi connectivity index (χ1n) is 46.0. The summed E-state index contributed by atoms with van der Waals surface area (Å²) in [5.41, 5.74) is 19.1. The van der Waals surface area contributed by atoms with Crippen LogP contribution >= 0.6 is 0 Å². The Bertz CT molecular complexity index is 3370. The maximum atomic E-state index is 12.1. The molecule has 3 aliphatic rings. The van der Waals surface area contributed by atoms with Gasteiger partial charge in [-0.05, 0) is 96.3 Å². The molecule has 3 saturated heterocycles. The lowest BCUT2D eigenvalue weighted by Gasteiger charge is -2.38. The van der Waals surface area contributed by atoms with Crippen LogP contribution in [0, 0.1) is 124 Å². The fourth-order valence-corrected chi connectivity index (χ4v) is 18.0. The van der Waals surface area contributed by atoms with Crippen LogP contribution in [-0.2, 0) is 33.3 Å². The topological polar surface area (TPSA) is 484 Å². The number of amides is 5. The number of nitrogens with one attached hydrogen (secondary N) is 2. The summed E-state index contributed by atoms with van der Waals surface area (Å²) in [5.74, 6) is -6.33. The van der Waals surface area contributed by atoms with E-state index in [1.807, 2.05) is 162 Å². The molecule has 0 aromatic rings. The van der Waals surface area contributed by atoms with Crippen molar-refractivity contribution in [2.24, 2.45) is 141 Å². The fraction of sp³-hybridized carbons (Fsp3) is 0.737. The first-order valence-corrected chi connectivity index (χ1v) is 46.0. The Balaban J connectivity index is 0.000000945. The summed E-state index contributed by atoms with van der Waals surface area (Å²) in [4.78, 5) is 70.7. The van der Waals surface area contributed by atoms with Crippen molar-refractivity contribution >= 4 is 36.1 Å². The van der Waals surface area contributed by atoms with Gasteiger partial charge in [0.25, 0.3) is 0 Å². The molecule has 27 nitrogen and oxygen atoms in total. The van der Waals surface area contributed by atoms with E-state index < -0.39 is 146 Å². The summed E-state index contributed by atoms with van der Waals surface area (Å²) < 4.78 is 21.6. The SMILES string of the molecule is C=C/C=C\[C@H](C)[C@H](NC(N)=O)[C@@H](C)[C@H](O)[C@@H](C)C/C(C)=C\[C@H](C)[C@@H](O)[C@@H](C)/C=C\[C@@H](O)C[C@@H]1OC(=O)[C@H](C)[C@@H](O)[C@H]1C.C=C/C=C\[C@H](C)[C@H](OC(N)=O)[C@@H](C)[C@H](O)[C@@H](C)C/C(C)=C\[C@H](C)[C@@H](O)[C@@H](C)/C=C\[C@@H](O)C[C@@H]1NC(=O)[C@H](C)[C@@H](O)[C@H]1C.CCCC[C@H](C)[C@H](OC(N)=O)[C@@H](C)[C@H](O)[C@@H](C)C/C(C)=C\[C@H](C)[C@@H](O)[C@@H](C)/C=C\[C@@H](O)C[C@@H]1OC(=O)[C@H](C)[C@@H](O)[C@H]1C. The summed E-state index contributed by atoms with van der Waals surface area (Å²) >= 11 is 0. The molecule has 0 radical (unpaired) electrons. The molecule has 0 saturated carbocycles. The molecule has 0 aromatic carbocycles. The van der Waals surface area contributed by atoms with Crippen LogP contribution in [0.1, 0.15) is 231 Å². The van der Waals surface area contributed by atoms with E-state index in [2.05, 4.69) is 30.7 Å². The predicted molar refractivity (Wildman–Crippen MR) is 496 cm³/mol. The second-order valence-electron chi connectivity index (χ2n) is 38.2. The normalized spacial score (nSPS) is 28.3. The molecule has 0 aromatic heterocycles. The number of ether oxygens (including phenoxy) is 4. The summed E-state index contributed by atoms with van der Waals surface area (Å²) in [7, 11) is 0. The van der Waals surface area contributed by atoms with E-state index in [9.17, 15) is 90.0 Å². The highest BCUT2D eigenvalue weighted by molar-refractivity contribution is 5.80. The zero-order valence-corrected chi connectivity index (χ0v) is 80.6. The van der Waals surface area contributed by atoms with E-state index in [1.54, 1.807) is 95.4 Å². The van der Waals surface area contributed by atoms with Crippen LogP contribution in [0.15, 0.2) is 121 Å². The van der Waals surface area contributed by atoms with E-state index in [4.69, 9.17) is 36.1 Å². The number of cyclic esters (lactones) is 2. The second-order valence-corrected chi connectivity index (χ2v) is 38.2. The van der Waals surface area contributed by atoms with Crippen molar-refractivity contribution in [2.45, 2.75) is 341 Å². The number of unbranched alkanes of at least 4 members (excludes halogenated alkanes) is 1. The van der Waals surface area contributed by atoms with E-state index >= 15 is 0 Å². The first-order chi connectivity index (χ1) is 58.5. The minimum absolute atomic E-state index is 0.0661.